The third kappa shape index (κ3) is 3.88. The number of piperidine rings is 1. The number of nitrogens with zero attached hydrogens (tertiary/aromatic N) is 2. The van der Waals surface area contributed by atoms with Crippen LogP contribution in [0.4, 0.5) is 8.78 Å². The first-order valence-corrected chi connectivity index (χ1v) is 5.15. The Hall–Kier alpha value is -0.220. The summed E-state index contributed by atoms with van der Waals surface area (Å²) in [5.74, 6) is -2.57. The first-order chi connectivity index (χ1) is 6.38. The fourth-order valence-electron chi connectivity index (χ4n) is 2.00. The highest BCUT2D eigenvalue weighted by Crippen LogP contribution is 2.19. The Labute approximate surface area is 84.9 Å². The molecule has 0 aromatic rings. The van der Waals surface area contributed by atoms with Gasteiger partial charge in [-0.05, 0) is 40.0 Å². The van der Waals surface area contributed by atoms with E-state index >= 15 is 0 Å². The minimum absolute atomic E-state index is 0.124. The summed E-state index contributed by atoms with van der Waals surface area (Å²) in [6.45, 7) is 2.90. The van der Waals surface area contributed by atoms with Crippen molar-refractivity contribution >= 4 is 0 Å². The van der Waals surface area contributed by atoms with Crippen molar-refractivity contribution in [1.29, 1.82) is 0 Å². The summed E-state index contributed by atoms with van der Waals surface area (Å²) in [6, 6.07) is 0.331. The number of halogens is 2. The number of likely N-dealkylation sites (tertiary alicyclic amines) is 1. The molecule has 0 atom stereocenters. The first-order valence-electron chi connectivity index (χ1n) is 5.15. The molecule has 0 radical (unpaired) electrons. The summed E-state index contributed by atoms with van der Waals surface area (Å²) < 4.78 is 25.5. The number of hydrogen-bond acceptors (Lipinski definition) is 2. The quantitative estimate of drug-likeness (QED) is 0.693. The summed E-state index contributed by atoms with van der Waals surface area (Å²) in [6.07, 6.45) is 2.01. The molecule has 1 aliphatic heterocycles. The molecule has 2 nitrogen and oxygen atoms in total. The Morgan fingerprint density at radius 1 is 1.36 bits per heavy atom. The molecule has 84 valence electrons. The second kappa shape index (κ2) is 4.53. The summed E-state index contributed by atoms with van der Waals surface area (Å²) in [5, 5.41) is 0. The van der Waals surface area contributed by atoms with Crippen molar-refractivity contribution in [1.82, 2.24) is 9.80 Å². The molecular weight excluding hydrogens is 186 g/mol. The molecule has 1 heterocycles. The highest BCUT2D eigenvalue weighted by molar-refractivity contribution is 4.78. The molecule has 0 aliphatic carbocycles. The molecule has 0 saturated carbocycles. The third-order valence-corrected chi connectivity index (χ3v) is 2.84. The van der Waals surface area contributed by atoms with Gasteiger partial charge in [0.25, 0.3) is 5.92 Å². The van der Waals surface area contributed by atoms with E-state index in [2.05, 4.69) is 11.9 Å². The van der Waals surface area contributed by atoms with Crippen molar-refractivity contribution in [3.63, 3.8) is 0 Å². The lowest BCUT2D eigenvalue weighted by Crippen LogP contribution is -2.45. The van der Waals surface area contributed by atoms with Crippen LogP contribution in [0.3, 0.4) is 0 Å². The molecule has 4 heteroatoms. The first kappa shape index (κ1) is 11.9. The lowest BCUT2D eigenvalue weighted by atomic mass is 10.0. The zero-order valence-corrected chi connectivity index (χ0v) is 9.26. The van der Waals surface area contributed by atoms with Crippen LogP contribution in [0.5, 0.6) is 0 Å². The average Bonchev–Trinajstić information content (AvgIpc) is 2.02. The molecule has 1 saturated heterocycles. The Kier molecular flexibility index (Phi) is 3.84. The monoisotopic (exact) mass is 206 g/mol. The lowest BCUT2D eigenvalue weighted by Gasteiger charge is -2.36. The maximum absolute atomic E-state index is 12.8. The van der Waals surface area contributed by atoms with Crippen LogP contribution in [-0.4, -0.2) is 55.5 Å². The molecule has 1 aliphatic rings. The van der Waals surface area contributed by atoms with Crippen molar-refractivity contribution in [2.24, 2.45) is 0 Å². The molecule has 0 aromatic carbocycles. The summed E-state index contributed by atoms with van der Waals surface area (Å²) >= 11 is 0. The van der Waals surface area contributed by atoms with E-state index in [9.17, 15) is 8.78 Å². The second-order valence-corrected chi connectivity index (χ2v) is 4.52. The minimum atomic E-state index is -2.57. The van der Waals surface area contributed by atoms with E-state index in [4.69, 9.17) is 0 Å². The van der Waals surface area contributed by atoms with Crippen LogP contribution in [0.1, 0.15) is 19.8 Å². The number of rotatable bonds is 3. The molecular formula is C10H20F2N2. The van der Waals surface area contributed by atoms with Crippen LogP contribution < -0.4 is 0 Å². The van der Waals surface area contributed by atoms with E-state index in [1.54, 1.807) is 11.9 Å². The van der Waals surface area contributed by atoms with Crippen LogP contribution in [-0.2, 0) is 0 Å². The van der Waals surface area contributed by atoms with E-state index in [1.165, 1.54) is 0 Å². The van der Waals surface area contributed by atoms with Gasteiger partial charge in [0.2, 0.25) is 0 Å². The smallest absolute Gasteiger partial charge is 0.257 e. The average molecular weight is 206 g/mol. The van der Waals surface area contributed by atoms with Gasteiger partial charge >= 0.3 is 0 Å². The molecule has 1 fully saturated rings. The van der Waals surface area contributed by atoms with E-state index in [-0.39, 0.29) is 6.54 Å². The van der Waals surface area contributed by atoms with Crippen LogP contribution in [0.2, 0.25) is 0 Å². The van der Waals surface area contributed by atoms with Crippen molar-refractivity contribution in [3.8, 4) is 0 Å². The maximum Gasteiger partial charge on any atom is 0.257 e. The van der Waals surface area contributed by atoms with Gasteiger partial charge in [0.1, 0.15) is 0 Å². The van der Waals surface area contributed by atoms with Gasteiger partial charge in [0.05, 0.1) is 6.54 Å². The van der Waals surface area contributed by atoms with Crippen LogP contribution in [0, 0.1) is 0 Å². The Balaban J connectivity index is 2.34. The number of hydrogen-bond donors (Lipinski definition) is 0. The van der Waals surface area contributed by atoms with E-state index < -0.39 is 5.92 Å². The predicted octanol–water partition coefficient (Wildman–Crippen LogP) is 1.67. The molecule has 0 unspecified atom stereocenters. The van der Waals surface area contributed by atoms with Gasteiger partial charge in [-0.1, -0.05) is 0 Å². The van der Waals surface area contributed by atoms with Crippen LogP contribution in [0.15, 0.2) is 0 Å². The van der Waals surface area contributed by atoms with Crippen molar-refractivity contribution in [2.75, 3.05) is 33.7 Å². The summed E-state index contributed by atoms with van der Waals surface area (Å²) in [7, 11) is 3.87. The summed E-state index contributed by atoms with van der Waals surface area (Å²) in [5.41, 5.74) is 0. The minimum Gasteiger partial charge on any atom is -0.306 e. The van der Waals surface area contributed by atoms with Gasteiger partial charge in [0, 0.05) is 13.0 Å². The fraction of sp³-hybridized carbons (Fsp3) is 1.00. The Morgan fingerprint density at radius 3 is 2.29 bits per heavy atom. The van der Waals surface area contributed by atoms with Crippen molar-refractivity contribution in [3.05, 3.63) is 0 Å². The maximum atomic E-state index is 12.8. The third-order valence-electron chi connectivity index (χ3n) is 2.84. The zero-order chi connectivity index (χ0) is 10.8. The predicted molar refractivity (Wildman–Crippen MR) is 53.8 cm³/mol. The van der Waals surface area contributed by atoms with E-state index in [0.717, 1.165) is 32.9 Å². The van der Waals surface area contributed by atoms with Crippen LogP contribution in [0.25, 0.3) is 0 Å². The van der Waals surface area contributed by atoms with Crippen molar-refractivity contribution in [2.45, 2.75) is 31.7 Å². The van der Waals surface area contributed by atoms with Gasteiger partial charge in [-0.3, -0.25) is 4.90 Å². The van der Waals surface area contributed by atoms with Crippen molar-refractivity contribution < 1.29 is 8.78 Å². The number of alkyl halides is 2. The van der Waals surface area contributed by atoms with Gasteiger partial charge in [-0.15, -0.1) is 0 Å². The lowest BCUT2D eigenvalue weighted by molar-refractivity contribution is -0.0242. The van der Waals surface area contributed by atoms with E-state index in [1.807, 2.05) is 0 Å². The normalized spacial score (nSPS) is 21.9. The molecule has 14 heavy (non-hydrogen) atoms. The molecule has 1 rings (SSSR count). The fourth-order valence-corrected chi connectivity index (χ4v) is 2.00. The summed E-state index contributed by atoms with van der Waals surface area (Å²) in [4.78, 5) is 4.04. The molecule has 0 amide bonds. The van der Waals surface area contributed by atoms with Gasteiger partial charge in [-0.2, -0.15) is 0 Å². The van der Waals surface area contributed by atoms with Gasteiger partial charge in [0.15, 0.2) is 0 Å². The topological polar surface area (TPSA) is 6.48 Å². The second-order valence-electron chi connectivity index (χ2n) is 4.52. The highest BCUT2D eigenvalue weighted by atomic mass is 19.3. The Morgan fingerprint density at radius 2 is 1.86 bits per heavy atom. The Bertz CT molecular complexity index is 171. The van der Waals surface area contributed by atoms with Gasteiger partial charge < -0.3 is 4.90 Å². The highest BCUT2D eigenvalue weighted by Gasteiger charge is 2.28. The van der Waals surface area contributed by atoms with Gasteiger partial charge in [-0.25, -0.2) is 8.78 Å². The SMILES string of the molecule is CN1CCC(N(C)CC(C)(F)F)CC1. The zero-order valence-electron chi connectivity index (χ0n) is 9.26. The van der Waals surface area contributed by atoms with Crippen LogP contribution >= 0.6 is 0 Å². The molecule has 0 N–H and O–H groups in total. The molecule has 0 bridgehead atoms. The molecule has 0 spiro atoms. The largest absolute Gasteiger partial charge is 0.306 e. The molecule has 0 aromatic heterocycles. The van der Waals surface area contributed by atoms with E-state index in [0.29, 0.717) is 6.04 Å². The standard InChI is InChI=1S/C10H20F2N2/c1-10(11,12)8-14(3)9-4-6-13(2)7-5-9/h9H,4-8H2,1-3H3.